The van der Waals surface area contributed by atoms with Crippen molar-refractivity contribution in [2.24, 2.45) is 0 Å². The van der Waals surface area contributed by atoms with Gasteiger partial charge in [-0.05, 0) is 24.1 Å². The molecule has 3 rings (SSSR count). The first-order valence-electron chi connectivity index (χ1n) is 6.73. The molecule has 23 heavy (non-hydrogen) atoms. The Morgan fingerprint density at radius 1 is 1.22 bits per heavy atom. The van der Waals surface area contributed by atoms with E-state index in [0.717, 1.165) is 11.0 Å². The van der Waals surface area contributed by atoms with Crippen LogP contribution in [0.15, 0.2) is 16.6 Å². The molecule has 2 aliphatic rings. The van der Waals surface area contributed by atoms with Gasteiger partial charge >= 0.3 is 6.18 Å². The maximum atomic E-state index is 13.2. The minimum atomic E-state index is -4.60. The minimum absolute atomic E-state index is 0.0480. The number of rotatable bonds is 1. The molecule has 0 aliphatic carbocycles. The molecule has 1 fully saturated rings. The molecule has 1 saturated heterocycles. The van der Waals surface area contributed by atoms with Crippen LogP contribution < -0.4 is 5.32 Å². The summed E-state index contributed by atoms with van der Waals surface area (Å²) in [6.45, 7) is -0.303. The van der Waals surface area contributed by atoms with Crippen LogP contribution in [0.2, 0.25) is 0 Å². The lowest BCUT2D eigenvalue weighted by Gasteiger charge is -2.29. The molecule has 0 aromatic heterocycles. The molecular formula is C14H10BrF3N2O3. The lowest BCUT2D eigenvalue weighted by Crippen LogP contribution is -2.52. The summed E-state index contributed by atoms with van der Waals surface area (Å²) >= 11 is 2.98. The summed E-state index contributed by atoms with van der Waals surface area (Å²) in [5, 5.41) is 2.11. The van der Waals surface area contributed by atoms with Crippen molar-refractivity contribution < 1.29 is 27.6 Å². The largest absolute Gasteiger partial charge is 0.416 e. The Labute approximate surface area is 136 Å². The van der Waals surface area contributed by atoms with Crippen LogP contribution in [-0.2, 0) is 22.3 Å². The first-order chi connectivity index (χ1) is 10.7. The second kappa shape index (κ2) is 5.33. The topological polar surface area (TPSA) is 66.5 Å². The number of amides is 3. The predicted molar refractivity (Wildman–Crippen MR) is 75.2 cm³/mol. The summed E-state index contributed by atoms with van der Waals surface area (Å²) in [7, 11) is 0. The third kappa shape index (κ3) is 2.73. The maximum Gasteiger partial charge on any atom is 0.416 e. The van der Waals surface area contributed by atoms with Crippen molar-refractivity contribution in [1.29, 1.82) is 0 Å². The molecule has 1 N–H and O–H groups in total. The van der Waals surface area contributed by atoms with E-state index in [1.165, 1.54) is 6.07 Å². The summed E-state index contributed by atoms with van der Waals surface area (Å²) < 4.78 is 39.7. The molecule has 5 nitrogen and oxygen atoms in total. The predicted octanol–water partition coefficient (Wildman–Crippen LogP) is 2.23. The first kappa shape index (κ1) is 16.0. The van der Waals surface area contributed by atoms with Crippen LogP contribution in [0, 0.1) is 0 Å². The second-order valence-electron chi connectivity index (χ2n) is 5.38. The number of benzene rings is 1. The highest BCUT2D eigenvalue weighted by atomic mass is 79.9. The van der Waals surface area contributed by atoms with Gasteiger partial charge in [-0.3, -0.25) is 19.7 Å². The summed E-state index contributed by atoms with van der Waals surface area (Å²) in [6.07, 6.45) is -4.45. The monoisotopic (exact) mass is 390 g/mol. The van der Waals surface area contributed by atoms with Crippen molar-refractivity contribution in [2.75, 3.05) is 0 Å². The highest BCUT2D eigenvalue weighted by molar-refractivity contribution is 9.10. The van der Waals surface area contributed by atoms with Gasteiger partial charge in [-0.1, -0.05) is 15.9 Å². The fourth-order valence-electron chi connectivity index (χ4n) is 2.88. The molecule has 1 aromatic rings. The van der Waals surface area contributed by atoms with Crippen LogP contribution >= 0.6 is 15.9 Å². The van der Waals surface area contributed by atoms with Crippen molar-refractivity contribution in [3.63, 3.8) is 0 Å². The number of nitrogens with one attached hydrogen (secondary N) is 1. The van der Waals surface area contributed by atoms with Crippen molar-refractivity contribution in [1.82, 2.24) is 10.2 Å². The van der Waals surface area contributed by atoms with Crippen LogP contribution in [0.4, 0.5) is 13.2 Å². The molecule has 0 spiro atoms. The van der Waals surface area contributed by atoms with E-state index in [1.54, 1.807) is 0 Å². The summed E-state index contributed by atoms with van der Waals surface area (Å²) in [5.74, 6) is -1.74. The number of piperidine rings is 1. The number of halogens is 4. The van der Waals surface area contributed by atoms with Gasteiger partial charge in [-0.25, -0.2) is 0 Å². The average molecular weight is 391 g/mol. The zero-order chi connectivity index (χ0) is 16.9. The van der Waals surface area contributed by atoms with Gasteiger partial charge < -0.3 is 4.90 Å². The Kier molecular flexibility index (Phi) is 3.70. The van der Waals surface area contributed by atoms with Crippen molar-refractivity contribution >= 4 is 33.7 Å². The molecule has 3 amide bonds. The lowest BCUT2D eigenvalue weighted by molar-refractivity contribution is -0.138. The number of imide groups is 1. The van der Waals surface area contributed by atoms with Gasteiger partial charge in [0.05, 0.1) is 5.56 Å². The van der Waals surface area contributed by atoms with E-state index < -0.39 is 35.5 Å². The van der Waals surface area contributed by atoms with Gasteiger partial charge in [0, 0.05) is 23.0 Å². The number of nitrogens with zero attached hydrogens (tertiary/aromatic N) is 1. The fourth-order valence-corrected chi connectivity index (χ4v) is 3.34. The number of alkyl halides is 3. The Balaban J connectivity index is 1.99. The Morgan fingerprint density at radius 2 is 1.91 bits per heavy atom. The quantitative estimate of drug-likeness (QED) is 0.747. The zero-order valence-corrected chi connectivity index (χ0v) is 13.1. The number of hydrogen-bond donors (Lipinski definition) is 1. The van der Waals surface area contributed by atoms with E-state index in [2.05, 4.69) is 21.2 Å². The molecule has 1 atom stereocenters. The van der Waals surface area contributed by atoms with E-state index in [-0.39, 0.29) is 35.0 Å². The van der Waals surface area contributed by atoms with Crippen molar-refractivity contribution in [3.05, 3.63) is 33.3 Å². The van der Waals surface area contributed by atoms with Crippen LogP contribution in [0.1, 0.15) is 34.3 Å². The third-order valence-corrected chi connectivity index (χ3v) is 4.38. The molecule has 1 unspecified atom stereocenters. The maximum absolute atomic E-state index is 13.2. The molecule has 0 bridgehead atoms. The van der Waals surface area contributed by atoms with Crippen LogP contribution in [0.25, 0.3) is 0 Å². The Hall–Kier alpha value is -1.90. The van der Waals surface area contributed by atoms with E-state index >= 15 is 0 Å². The molecule has 2 aliphatic heterocycles. The van der Waals surface area contributed by atoms with E-state index in [4.69, 9.17) is 0 Å². The highest BCUT2D eigenvalue weighted by Gasteiger charge is 2.44. The van der Waals surface area contributed by atoms with Gasteiger partial charge in [0.1, 0.15) is 6.04 Å². The molecule has 0 saturated carbocycles. The van der Waals surface area contributed by atoms with Gasteiger partial charge in [0.15, 0.2) is 0 Å². The smallest absolute Gasteiger partial charge is 0.322 e. The molecule has 0 radical (unpaired) electrons. The molecule has 2 heterocycles. The second-order valence-corrected chi connectivity index (χ2v) is 6.29. The van der Waals surface area contributed by atoms with Gasteiger partial charge in [0.25, 0.3) is 5.91 Å². The molecular weight excluding hydrogens is 381 g/mol. The lowest BCUT2D eigenvalue weighted by atomic mass is 10.0. The SMILES string of the molecule is O=C1CCC(N2Cc3c(cc(Br)cc3C(F)(F)F)C2=O)C(=O)N1. The molecule has 9 heteroatoms. The Morgan fingerprint density at radius 3 is 2.52 bits per heavy atom. The zero-order valence-electron chi connectivity index (χ0n) is 11.5. The highest BCUT2D eigenvalue weighted by Crippen LogP contribution is 2.40. The van der Waals surface area contributed by atoms with Gasteiger partial charge in [0.2, 0.25) is 11.8 Å². The summed E-state index contributed by atoms with van der Waals surface area (Å²) in [5.41, 5.74) is -1.11. The van der Waals surface area contributed by atoms with E-state index in [9.17, 15) is 27.6 Å². The average Bonchev–Trinajstić information content (AvgIpc) is 2.74. The summed E-state index contributed by atoms with van der Waals surface area (Å²) in [4.78, 5) is 36.6. The number of carbonyl (C=O) groups is 3. The van der Waals surface area contributed by atoms with Gasteiger partial charge in [-0.15, -0.1) is 0 Å². The third-order valence-electron chi connectivity index (χ3n) is 3.93. The normalized spacial score (nSPS) is 21.5. The first-order valence-corrected chi connectivity index (χ1v) is 7.52. The molecule has 1 aromatic carbocycles. The van der Waals surface area contributed by atoms with E-state index in [0.29, 0.717) is 0 Å². The number of carbonyl (C=O) groups excluding carboxylic acids is 3. The van der Waals surface area contributed by atoms with Crippen LogP contribution in [-0.4, -0.2) is 28.7 Å². The van der Waals surface area contributed by atoms with Crippen LogP contribution in [0.3, 0.4) is 0 Å². The number of hydrogen-bond acceptors (Lipinski definition) is 3. The standard InChI is InChI=1S/C14H10BrF3N2O3/c15-6-3-7-8(9(4-6)14(16,17)18)5-20(13(7)23)10-1-2-11(21)19-12(10)22/h3-4,10H,1-2,5H2,(H,19,21,22). The molecule has 122 valence electrons. The summed E-state index contributed by atoms with van der Waals surface area (Å²) in [6, 6.07) is 1.30. The fraction of sp³-hybridized carbons (Fsp3) is 0.357. The van der Waals surface area contributed by atoms with Crippen molar-refractivity contribution in [3.8, 4) is 0 Å². The number of fused-ring (bicyclic) bond motifs is 1. The Bertz CT molecular complexity index is 733. The van der Waals surface area contributed by atoms with Crippen molar-refractivity contribution in [2.45, 2.75) is 31.6 Å². The van der Waals surface area contributed by atoms with Crippen LogP contribution in [0.5, 0.6) is 0 Å². The minimum Gasteiger partial charge on any atom is -0.322 e. The van der Waals surface area contributed by atoms with E-state index in [1.807, 2.05) is 0 Å². The van der Waals surface area contributed by atoms with Gasteiger partial charge in [-0.2, -0.15) is 13.2 Å².